The minimum absolute atomic E-state index is 0.297. The monoisotopic (exact) mass is 323 g/mol. The van der Waals surface area contributed by atoms with Crippen molar-refractivity contribution in [1.82, 2.24) is 5.32 Å². The third kappa shape index (κ3) is 2.85. The third-order valence-electron chi connectivity index (χ3n) is 3.07. The van der Waals surface area contributed by atoms with E-state index >= 15 is 0 Å². The summed E-state index contributed by atoms with van der Waals surface area (Å²) in [5.74, 6) is 0. The van der Waals surface area contributed by atoms with Crippen LogP contribution in [0, 0.1) is 13.8 Å². The molecule has 1 aromatic carbocycles. The largest absolute Gasteiger partial charge is 0.306 e. The fourth-order valence-corrected chi connectivity index (χ4v) is 3.77. The molecule has 0 aliphatic carbocycles. The number of aryl methyl sites for hydroxylation is 2. The summed E-state index contributed by atoms with van der Waals surface area (Å²) in [6, 6.07) is 11.2. The molecule has 96 valence electrons. The van der Waals surface area contributed by atoms with E-state index in [9.17, 15) is 0 Å². The van der Waals surface area contributed by atoms with Crippen LogP contribution >= 0.6 is 27.3 Å². The van der Waals surface area contributed by atoms with Crippen LogP contribution in [0.4, 0.5) is 0 Å². The zero-order valence-corrected chi connectivity index (χ0v) is 13.4. The van der Waals surface area contributed by atoms with Crippen LogP contribution in [0.2, 0.25) is 0 Å². The molecule has 1 atom stereocenters. The quantitative estimate of drug-likeness (QED) is 0.850. The first-order valence-corrected chi connectivity index (χ1v) is 7.79. The van der Waals surface area contributed by atoms with Gasteiger partial charge >= 0.3 is 0 Å². The molecular weight excluding hydrogens is 306 g/mol. The number of nitrogens with one attached hydrogen (secondary N) is 1. The van der Waals surface area contributed by atoms with Crippen molar-refractivity contribution in [2.24, 2.45) is 0 Å². The molecule has 1 N–H and O–H groups in total. The first kappa shape index (κ1) is 13.8. The summed E-state index contributed by atoms with van der Waals surface area (Å²) in [5.41, 5.74) is 4.02. The molecule has 0 radical (unpaired) electrons. The van der Waals surface area contributed by atoms with Gasteiger partial charge in [0.1, 0.15) is 0 Å². The Labute approximate surface area is 121 Å². The Balaban J connectivity index is 2.43. The van der Waals surface area contributed by atoms with Crippen molar-refractivity contribution in [3.63, 3.8) is 0 Å². The Morgan fingerprint density at radius 2 is 1.94 bits per heavy atom. The van der Waals surface area contributed by atoms with E-state index in [-0.39, 0.29) is 0 Å². The Bertz CT molecular complexity index is 514. The van der Waals surface area contributed by atoms with Gasteiger partial charge in [0, 0.05) is 4.88 Å². The second-order valence-corrected chi connectivity index (χ2v) is 6.85. The molecule has 1 nitrogen and oxygen atoms in total. The van der Waals surface area contributed by atoms with Gasteiger partial charge in [-0.15, -0.1) is 11.3 Å². The standard InChI is InChI=1S/C15H18BrNS/c1-4-17-14(12-8-6-5-7-10(12)2)13-9-11(3)15(16)18-13/h5-9,14,17H,4H2,1-3H3. The first-order chi connectivity index (χ1) is 8.63. The topological polar surface area (TPSA) is 12.0 Å². The number of halogens is 1. The molecule has 1 unspecified atom stereocenters. The molecular formula is C15H18BrNS. The maximum absolute atomic E-state index is 3.62. The van der Waals surface area contributed by atoms with Gasteiger partial charge in [-0.05, 0) is 59.1 Å². The lowest BCUT2D eigenvalue weighted by molar-refractivity contribution is 0.636. The summed E-state index contributed by atoms with van der Waals surface area (Å²) in [6.45, 7) is 7.44. The van der Waals surface area contributed by atoms with E-state index in [2.05, 4.69) is 72.3 Å². The smallest absolute Gasteiger partial charge is 0.0731 e. The molecule has 0 saturated carbocycles. The number of rotatable bonds is 4. The molecule has 1 heterocycles. The van der Waals surface area contributed by atoms with E-state index in [1.807, 2.05) is 11.3 Å². The van der Waals surface area contributed by atoms with Crippen molar-refractivity contribution < 1.29 is 0 Å². The van der Waals surface area contributed by atoms with E-state index in [0.29, 0.717) is 6.04 Å². The SMILES string of the molecule is CCNC(c1cc(C)c(Br)s1)c1ccccc1C. The van der Waals surface area contributed by atoms with Gasteiger partial charge in [-0.25, -0.2) is 0 Å². The van der Waals surface area contributed by atoms with Crippen molar-refractivity contribution in [2.75, 3.05) is 6.54 Å². The van der Waals surface area contributed by atoms with Crippen LogP contribution in [0.5, 0.6) is 0 Å². The van der Waals surface area contributed by atoms with E-state index in [1.165, 1.54) is 25.4 Å². The molecule has 18 heavy (non-hydrogen) atoms. The van der Waals surface area contributed by atoms with Crippen LogP contribution in [-0.2, 0) is 0 Å². The van der Waals surface area contributed by atoms with Crippen LogP contribution in [0.15, 0.2) is 34.1 Å². The maximum atomic E-state index is 3.62. The predicted octanol–water partition coefficient (Wildman–Crippen LogP) is 4.83. The van der Waals surface area contributed by atoms with Gasteiger partial charge in [-0.1, -0.05) is 31.2 Å². The van der Waals surface area contributed by atoms with Crippen molar-refractivity contribution >= 4 is 27.3 Å². The number of hydrogen-bond donors (Lipinski definition) is 1. The van der Waals surface area contributed by atoms with Crippen LogP contribution < -0.4 is 5.32 Å². The van der Waals surface area contributed by atoms with Gasteiger partial charge in [-0.2, -0.15) is 0 Å². The van der Waals surface area contributed by atoms with E-state index < -0.39 is 0 Å². The second-order valence-electron chi connectivity index (χ2n) is 4.45. The minimum atomic E-state index is 0.297. The highest BCUT2D eigenvalue weighted by atomic mass is 79.9. The Morgan fingerprint density at radius 3 is 2.50 bits per heavy atom. The molecule has 0 aliphatic heterocycles. The molecule has 3 heteroatoms. The van der Waals surface area contributed by atoms with Gasteiger partial charge in [-0.3, -0.25) is 0 Å². The van der Waals surface area contributed by atoms with Crippen LogP contribution in [0.25, 0.3) is 0 Å². The van der Waals surface area contributed by atoms with Crippen LogP contribution in [0.1, 0.15) is 34.5 Å². The first-order valence-electron chi connectivity index (χ1n) is 6.18. The number of benzene rings is 1. The molecule has 2 rings (SSSR count). The van der Waals surface area contributed by atoms with E-state index in [4.69, 9.17) is 0 Å². The molecule has 2 aromatic rings. The molecule has 0 bridgehead atoms. The van der Waals surface area contributed by atoms with Gasteiger partial charge in [0.05, 0.1) is 9.83 Å². The molecule has 0 saturated heterocycles. The fourth-order valence-electron chi connectivity index (χ4n) is 2.10. The fraction of sp³-hybridized carbons (Fsp3) is 0.333. The van der Waals surface area contributed by atoms with Crippen LogP contribution in [0.3, 0.4) is 0 Å². The van der Waals surface area contributed by atoms with Gasteiger partial charge in [0.25, 0.3) is 0 Å². The molecule has 1 aromatic heterocycles. The minimum Gasteiger partial charge on any atom is -0.306 e. The Kier molecular flexibility index (Phi) is 4.60. The number of hydrogen-bond acceptors (Lipinski definition) is 2. The molecule has 0 aliphatic rings. The number of thiophene rings is 1. The summed E-state index contributed by atoms with van der Waals surface area (Å²) >= 11 is 5.44. The van der Waals surface area contributed by atoms with Crippen molar-refractivity contribution in [1.29, 1.82) is 0 Å². The van der Waals surface area contributed by atoms with Crippen LogP contribution in [-0.4, -0.2) is 6.54 Å². The zero-order chi connectivity index (χ0) is 13.1. The Hall–Kier alpha value is -0.640. The van der Waals surface area contributed by atoms with Crippen molar-refractivity contribution in [2.45, 2.75) is 26.8 Å². The second kappa shape index (κ2) is 6.00. The lowest BCUT2D eigenvalue weighted by atomic mass is 10.00. The van der Waals surface area contributed by atoms with Gasteiger partial charge in [0.15, 0.2) is 0 Å². The normalized spacial score (nSPS) is 12.7. The molecule has 0 amide bonds. The van der Waals surface area contributed by atoms with E-state index in [0.717, 1.165) is 6.54 Å². The average molecular weight is 324 g/mol. The Morgan fingerprint density at radius 1 is 1.22 bits per heavy atom. The molecule has 0 spiro atoms. The van der Waals surface area contributed by atoms with E-state index in [1.54, 1.807) is 0 Å². The van der Waals surface area contributed by atoms with Gasteiger partial charge in [0.2, 0.25) is 0 Å². The van der Waals surface area contributed by atoms with Crippen molar-refractivity contribution in [3.05, 3.63) is 55.7 Å². The van der Waals surface area contributed by atoms with Gasteiger partial charge < -0.3 is 5.32 Å². The summed E-state index contributed by atoms with van der Waals surface area (Å²) in [7, 11) is 0. The average Bonchev–Trinajstić information content (AvgIpc) is 2.68. The third-order valence-corrected chi connectivity index (χ3v) is 5.27. The lowest BCUT2D eigenvalue weighted by Crippen LogP contribution is -2.21. The maximum Gasteiger partial charge on any atom is 0.0731 e. The molecule has 0 fully saturated rings. The summed E-state index contributed by atoms with van der Waals surface area (Å²) in [6.07, 6.45) is 0. The highest BCUT2D eigenvalue weighted by Crippen LogP contribution is 2.35. The highest BCUT2D eigenvalue weighted by molar-refractivity contribution is 9.11. The predicted molar refractivity (Wildman–Crippen MR) is 83.5 cm³/mol. The lowest BCUT2D eigenvalue weighted by Gasteiger charge is -2.19. The van der Waals surface area contributed by atoms with Crippen molar-refractivity contribution in [3.8, 4) is 0 Å². The summed E-state index contributed by atoms with van der Waals surface area (Å²) < 4.78 is 1.23. The highest BCUT2D eigenvalue weighted by Gasteiger charge is 2.17. The zero-order valence-electron chi connectivity index (χ0n) is 11.0. The summed E-state index contributed by atoms with van der Waals surface area (Å²) in [5, 5.41) is 3.59. The summed E-state index contributed by atoms with van der Waals surface area (Å²) in [4.78, 5) is 1.37.